The molecule has 8 aromatic rings. The van der Waals surface area contributed by atoms with Gasteiger partial charge < -0.3 is 0 Å². The lowest BCUT2D eigenvalue weighted by molar-refractivity contribution is 1.48. The lowest BCUT2D eigenvalue weighted by atomic mass is 9.79. The largest absolute Gasteiger partial charge is 0.239 e. The van der Waals surface area contributed by atoms with Gasteiger partial charge in [-0.05, 0) is 97.5 Å². The van der Waals surface area contributed by atoms with Crippen LogP contribution < -0.4 is 0 Å². The Morgan fingerprint density at radius 3 is 1.34 bits per heavy atom. The smallest absolute Gasteiger partial charge is 0.112 e. The Labute approximate surface area is 341 Å². The van der Waals surface area contributed by atoms with Gasteiger partial charge in [-0.25, -0.2) is 4.99 Å². The number of benzene rings is 8. The number of nitrogens with zero attached hydrogens (tertiary/aromatic N) is 1. The molecule has 8 aromatic carbocycles. The minimum Gasteiger partial charge on any atom is -0.239 e. The van der Waals surface area contributed by atoms with E-state index in [1.165, 1.54) is 44.5 Å². The predicted molar refractivity (Wildman–Crippen MR) is 246 cm³/mol. The summed E-state index contributed by atoms with van der Waals surface area (Å²) in [5.74, 6) is 0. The molecule has 1 heteroatoms. The maximum absolute atomic E-state index is 5.38. The molecule has 0 heterocycles. The third-order valence-electron chi connectivity index (χ3n) is 10.8. The van der Waals surface area contributed by atoms with Gasteiger partial charge in [-0.3, -0.25) is 0 Å². The van der Waals surface area contributed by atoms with E-state index in [9.17, 15) is 0 Å². The average Bonchev–Trinajstić information content (AvgIpc) is 4.11. The minimum absolute atomic E-state index is 0.693. The Morgan fingerprint density at radius 1 is 0.414 bits per heavy atom. The van der Waals surface area contributed by atoms with E-state index in [0.29, 0.717) is 5.70 Å². The molecule has 274 valence electrons. The van der Waals surface area contributed by atoms with Gasteiger partial charge in [-0.2, -0.15) is 0 Å². The second kappa shape index (κ2) is 16.3. The van der Waals surface area contributed by atoms with Crippen LogP contribution in [-0.4, -0.2) is 5.71 Å². The van der Waals surface area contributed by atoms with Crippen LogP contribution in [-0.2, 0) is 0 Å². The molecule has 0 atom stereocenters. The number of rotatable bonds is 10. The molecule has 1 nitrogen and oxygen atoms in total. The molecule has 0 saturated heterocycles. The van der Waals surface area contributed by atoms with Crippen molar-refractivity contribution in [1.29, 1.82) is 0 Å². The van der Waals surface area contributed by atoms with Crippen molar-refractivity contribution in [2.75, 3.05) is 0 Å². The van der Waals surface area contributed by atoms with Gasteiger partial charge in [0.05, 0.1) is 5.71 Å². The van der Waals surface area contributed by atoms with Crippen LogP contribution in [0.1, 0.15) is 23.6 Å². The molecule has 0 saturated carbocycles. The van der Waals surface area contributed by atoms with Crippen LogP contribution in [0.25, 0.3) is 66.9 Å². The molecule has 1 aliphatic rings. The highest BCUT2D eigenvalue weighted by Crippen LogP contribution is 2.50. The minimum atomic E-state index is 0.693. The molecule has 0 bridgehead atoms. The molecule has 0 fully saturated rings. The molecular weight excluding hydrogens is 699 g/mol. The van der Waals surface area contributed by atoms with Crippen molar-refractivity contribution in [2.24, 2.45) is 4.99 Å². The first-order chi connectivity index (χ1) is 28.7. The summed E-state index contributed by atoms with van der Waals surface area (Å²) in [5.41, 5.74) is 23.2. The first-order valence-corrected chi connectivity index (χ1v) is 19.7. The van der Waals surface area contributed by atoms with Crippen molar-refractivity contribution in [2.45, 2.75) is 6.92 Å². The third-order valence-corrected chi connectivity index (χ3v) is 10.8. The van der Waals surface area contributed by atoms with E-state index >= 15 is 0 Å². The van der Waals surface area contributed by atoms with Crippen molar-refractivity contribution in [3.63, 3.8) is 0 Å². The van der Waals surface area contributed by atoms with Crippen LogP contribution in [0.5, 0.6) is 0 Å². The second-order valence-corrected chi connectivity index (χ2v) is 14.5. The fraction of sp³-hybridized carbons (Fsp3) is 0.0175. The van der Waals surface area contributed by atoms with Crippen LogP contribution in [0.3, 0.4) is 0 Å². The van der Waals surface area contributed by atoms with E-state index in [-0.39, 0.29) is 0 Å². The lowest BCUT2D eigenvalue weighted by Crippen LogP contribution is -2.01. The van der Waals surface area contributed by atoms with E-state index < -0.39 is 0 Å². The summed E-state index contributed by atoms with van der Waals surface area (Å²) >= 11 is 0. The summed E-state index contributed by atoms with van der Waals surface area (Å²) in [7, 11) is 0. The quantitative estimate of drug-likeness (QED) is 0.0978. The molecule has 0 aliphatic heterocycles. The first kappa shape index (κ1) is 36.1. The fourth-order valence-electron chi connectivity index (χ4n) is 7.95. The summed E-state index contributed by atoms with van der Waals surface area (Å²) in [4.78, 5) is 5.38. The van der Waals surface area contributed by atoms with Crippen molar-refractivity contribution >= 4 is 17.0 Å². The standard InChI is InChI=1S/C57H41N/c1-3-53(58-57(46-33-20-9-21-34-46)52-38-49(52)40(2)41-23-10-4-11-24-41)48-36-22-35-47(37-48)51-39-50(42-25-12-5-13-26-42)54(43-27-14-6-15-28-43)56(45-31-18-8-19-32-45)55(51)44-29-16-7-17-30-44/h4-39H,1H2,2H3/b49-40+,58-57-. The van der Waals surface area contributed by atoms with E-state index in [1.54, 1.807) is 0 Å². The van der Waals surface area contributed by atoms with E-state index in [0.717, 1.165) is 50.2 Å². The van der Waals surface area contributed by atoms with E-state index in [4.69, 9.17) is 4.99 Å². The van der Waals surface area contributed by atoms with Crippen LogP contribution in [0.4, 0.5) is 0 Å². The van der Waals surface area contributed by atoms with Crippen LogP contribution in [0.2, 0.25) is 0 Å². The van der Waals surface area contributed by atoms with Crippen LogP contribution >= 0.6 is 0 Å². The van der Waals surface area contributed by atoms with Crippen LogP contribution in [0.15, 0.2) is 247 Å². The third kappa shape index (κ3) is 7.27. The lowest BCUT2D eigenvalue weighted by Gasteiger charge is -2.24. The number of hydrogen-bond donors (Lipinski definition) is 0. The molecule has 0 N–H and O–H groups in total. The molecular formula is C57H41N. The maximum Gasteiger partial charge on any atom is 0.112 e. The van der Waals surface area contributed by atoms with Gasteiger partial charge in [0, 0.05) is 16.7 Å². The zero-order chi connectivity index (χ0) is 39.3. The normalized spacial score (nSPS) is 13.0. The number of hydrogen-bond acceptors (Lipinski definition) is 1. The van der Waals surface area contributed by atoms with Crippen molar-refractivity contribution in [3.05, 3.63) is 259 Å². The summed E-state index contributed by atoms with van der Waals surface area (Å²) in [6.45, 7) is 6.37. The molecule has 0 unspecified atom stereocenters. The Hall–Kier alpha value is -7.57. The highest BCUT2D eigenvalue weighted by Gasteiger charge is 2.27. The highest BCUT2D eigenvalue weighted by molar-refractivity contribution is 6.23. The predicted octanol–water partition coefficient (Wildman–Crippen LogP) is 15.1. The first-order valence-electron chi connectivity index (χ1n) is 19.7. The van der Waals surface area contributed by atoms with Gasteiger partial charge in [0.25, 0.3) is 0 Å². The average molecular weight is 740 g/mol. The van der Waals surface area contributed by atoms with Gasteiger partial charge in [0.2, 0.25) is 0 Å². The van der Waals surface area contributed by atoms with Gasteiger partial charge in [-0.1, -0.05) is 207 Å². The van der Waals surface area contributed by atoms with E-state index in [2.05, 4.69) is 232 Å². The SMILES string of the molecule is C=C=C(/N=C(C1=C/C1=C(/C)c1ccccc1)/c1ccccc1)c1cccc(-c2cc(-c3ccccc3)c(-c3ccccc3)c(-c3ccccc3)c2-c2ccccc2)c1. The number of aliphatic imine (C=N–C) groups is 1. The molecule has 0 aromatic heterocycles. The van der Waals surface area contributed by atoms with Gasteiger partial charge >= 0.3 is 0 Å². The molecule has 58 heavy (non-hydrogen) atoms. The summed E-state index contributed by atoms with van der Waals surface area (Å²) in [6, 6.07) is 75.3. The summed E-state index contributed by atoms with van der Waals surface area (Å²) in [5, 5.41) is 0. The van der Waals surface area contributed by atoms with Gasteiger partial charge in [0.15, 0.2) is 0 Å². The van der Waals surface area contributed by atoms with Crippen LogP contribution in [0, 0.1) is 0 Å². The molecule has 0 spiro atoms. The van der Waals surface area contributed by atoms with Crippen molar-refractivity contribution in [3.8, 4) is 55.6 Å². The fourth-order valence-corrected chi connectivity index (χ4v) is 7.95. The Balaban J connectivity index is 1.27. The Morgan fingerprint density at radius 2 is 0.828 bits per heavy atom. The molecule has 9 rings (SSSR count). The number of allylic oxidation sites excluding steroid dienone is 4. The molecule has 1 aliphatic carbocycles. The summed E-state index contributed by atoms with van der Waals surface area (Å²) < 4.78 is 0. The van der Waals surface area contributed by atoms with E-state index in [1.807, 2.05) is 6.07 Å². The zero-order valence-corrected chi connectivity index (χ0v) is 32.4. The highest BCUT2D eigenvalue weighted by atomic mass is 14.8. The maximum atomic E-state index is 5.38. The van der Waals surface area contributed by atoms with Crippen molar-refractivity contribution in [1.82, 2.24) is 0 Å². The second-order valence-electron chi connectivity index (χ2n) is 14.5. The monoisotopic (exact) mass is 739 g/mol. The molecule has 0 radical (unpaired) electrons. The summed E-state index contributed by atoms with van der Waals surface area (Å²) in [6.07, 6.45) is 2.24. The van der Waals surface area contributed by atoms with Crippen molar-refractivity contribution < 1.29 is 0 Å². The topological polar surface area (TPSA) is 12.4 Å². The zero-order valence-electron chi connectivity index (χ0n) is 32.4. The Kier molecular flexibility index (Phi) is 10.1. The van der Waals surface area contributed by atoms with Gasteiger partial charge in [0.1, 0.15) is 5.70 Å². The van der Waals surface area contributed by atoms with Gasteiger partial charge in [-0.15, -0.1) is 5.73 Å². The molecule has 0 amide bonds. The Bertz CT molecular complexity index is 2880.